The summed E-state index contributed by atoms with van der Waals surface area (Å²) in [7, 11) is 0. The molecule has 10 heteroatoms. The van der Waals surface area contributed by atoms with Gasteiger partial charge in [0, 0.05) is 31.7 Å². The maximum absolute atomic E-state index is 13.6. The van der Waals surface area contributed by atoms with Gasteiger partial charge in [0.25, 0.3) is 5.56 Å². The summed E-state index contributed by atoms with van der Waals surface area (Å²) in [5.41, 5.74) is 3.22. The van der Waals surface area contributed by atoms with Crippen LogP contribution >= 0.6 is 11.3 Å². The van der Waals surface area contributed by atoms with Crippen molar-refractivity contribution in [3.63, 3.8) is 0 Å². The van der Waals surface area contributed by atoms with Crippen molar-refractivity contribution in [2.75, 3.05) is 31.1 Å². The number of fused-ring (bicyclic) bond motifs is 2. The molecule has 0 radical (unpaired) electrons. The second kappa shape index (κ2) is 9.59. The van der Waals surface area contributed by atoms with Crippen molar-refractivity contribution in [1.82, 2.24) is 35.1 Å². The minimum atomic E-state index is -0.373. The molecule has 6 rings (SSSR count). The Hall–Kier alpha value is -3.63. The Bertz CT molecular complexity index is 1630. The van der Waals surface area contributed by atoms with E-state index in [2.05, 4.69) is 69.3 Å². The summed E-state index contributed by atoms with van der Waals surface area (Å²) in [6.45, 7) is 11.5. The number of aromatic amines is 1. The van der Waals surface area contributed by atoms with Gasteiger partial charge in [-0.15, -0.1) is 5.10 Å². The molecule has 0 aliphatic carbocycles. The first kappa shape index (κ1) is 24.7. The summed E-state index contributed by atoms with van der Waals surface area (Å²) >= 11 is 1.73. The fourth-order valence-electron chi connectivity index (χ4n) is 5.21. The van der Waals surface area contributed by atoms with E-state index in [1.54, 1.807) is 11.3 Å². The molecule has 2 aromatic carbocycles. The normalized spacial score (nSPS) is 15.9. The van der Waals surface area contributed by atoms with Crippen LogP contribution in [0.1, 0.15) is 50.2 Å². The number of nitrogens with zero attached hydrogens (tertiary/aromatic N) is 7. The van der Waals surface area contributed by atoms with Crippen LogP contribution in [0.2, 0.25) is 0 Å². The molecular weight excluding hydrogens is 496 g/mol. The number of nitrogens with one attached hydrogen (secondary N) is 1. The molecule has 5 aromatic rings. The van der Waals surface area contributed by atoms with Gasteiger partial charge in [-0.05, 0) is 66.8 Å². The van der Waals surface area contributed by atoms with Crippen LogP contribution in [0.5, 0.6) is 0 Å². The monoisotopic (exact) mass is 528 g/mol. The number of tetrazole rings is 1. The molecule has 9 nitrogen and oxygen atoms in total. The van der Waals surface area contributed by atoms with Gasteiger partial charge >= 0.3 is 0 Å². The van der Waals surface area contributed by atoms with Crippen LogP contribution in [0.4, 0.5) is 5.13 Å². The first-order valence-corrected chi connectivity index (χ1v) is 13.9. The maximum Gasteiger partial charge on any atom is 0.253 e. The number of H-pyrrole nitrogens is 1. The molecule has 0 saturated carbocycles. The molecule has 0 bridgehead atoms. The van der Waals surface area contributed by atoms with E-state index >= 15 is 0 Å². The van der Waals surface area contributed by atoms with Gasteiger partial charge in [0.05, 0.1) is 21.3 Å². The highest BCUT2D eigenvalue weighted by molar-refractivity contribution is 7.22. The third kappa shape index (κ3) is 4.27. The average Bonchev–Trinajstić information content (AvgIpc) is 3.58. The summed E-state index contributed by atoms with van der Waals surface area (Å²) in [6.07, 6.45) is 0.858. The average molecular weight is 529 g/mol. The first-order valence-electron chi connectivity index (χ1n) is 13.1. The number of pyridine rings is 1. The highest BCUT2D eigenvalue weighted by Crippen LogP contribution is 2.33. The van der Waals surface area contributed by atoms with Gasteiger partial charge < -0.3 is 9.88 Å². The maximum atomic E-state index is 13.6. The van der Waals surface area contributed by atoms with Gasteiger partial charge in [0.2, 0.25) is 0 Å². The summed E-state index contributed by atoms with van der Waals surface area (Å²) < 4.78 is 3.10. The lowest BCUT2D eigenvalue weighted by atomic mass is 9.98. The van der Waals surface area contributed by atoms with Crippen molar-refractivity contribution in [2.45, 2.75) is 45.7 Å². The number of piperazine rings is 1. The molecule has 1 aliphatic heterocycles. The van der Waals surface area contributed by atoms with Gasteiger partial charge in [0.1, 0.15) is 6.04 Å². The van der Waals surface area contributed by atoms with Crippen molar-refractivity contribution < 1.29 is 0 Å². The topological polar surface area (TPSA) is 95.8 Å². The Morgan fingerprint density at radius 1 is 1.08 bits per heavy atom. The van der Waals surface area contributed by atoms with E-state index in [4.69, 9.17) is 4.98 Å². The smallest absolute Gasteiger partial charge is 0.253 e. The molecule has 196 valence electrons. The van der Waals surface area contributed by atoms with E-state index in [0.29, 0.717) is 11.4 Å². The minimum Gasteiger partial charge on any atom is -0.345 e. The lowest BCUT2D eigenvalue weighted by Crippen LogP contribution is -2.49. The van der Waals surface area contributed by atoms with E-state index < -0.39 is 0 Å². The SMILES string of the molecule is CCC(C)(C)n1nnnc1[C@H](c1cc2cccc(C)c2[nH]c1=O)N1CCN(c2nc3ccccc3s2)CC1. The summed E-state index contributed by atoms with van der Waals surface area (Å²) in [5, 5.41) is 15.0. The Kier molecular flexibility index (Phi) is 6.23. The second-order valence-corrected chi connectivity index (χ2v) is 11.6. The van der Waals surface area contributed by atoms with Gasteiger partial charge in [-0.25, -0.2) is 9.67 Å². The molecule has 1 saturated heterocycles. The van der Waals surface area contributed by atoms with Crippen LogP contribution in [0.25, 0.3) is 21.1 Å². The highest BCUT2D eigenvalue weighted by atomic mass is 32.1. The lowest BCUT2D eigenvalue weighted by Gasteiger charge is -2.39. The first-order chi connectivity index (χ1) is 18.4. The molecule has 1 fully saturated rings. The molecule has 0 unspecified atom stereocenters. The van der Waals surface area contributed by atoms with Crippen LogP contribution in [-0.4, -0.2) is 61.3 Å². The number of anilines is 1. The highest BCUT2D eigenvalue weighted by Gasteiger charge is 2.36. The number of aryl methyl sites for hydroxylation is 1. The third-order valence-corrected chi connectivity index (χ3v) is 8.92. The van der Waals surface area contributed by atoms with Crippen molar-refractivity contribution in [1.29, 1.82) is 0 Å². The van der Waals surface area contributed by atoms with Gasteiger partial charge in [0.15, 0.2) is 11.0 Å². The van der Waals surface area contributed by atoms with Crippen molar-refractivity contribution >= 4 is 37.6 Å². The molecule has 38 heavy (non-hydrogen) atoms. The number of aromatic nitrogens is 6. The minimum absolute atomic E-state index is 0.103. The fraction of sp³-hybridized carbons (Fsp3) is 0.393. The Labute approximate surface area is 225 Å². The molecule has 0 spiro atoms. The van der Waals surface area contributed by atoms with E-state index in [1.807, 2.05) is 41.9 Å². The van der Waals surface area contributed by atoms with E-state index in [9.17, 15) is 4.79 Å². The molecule has 3 aromatic heterocycles. The number of rotatable bonds is 6. The summed E-state index contributed by atoms with van der Waals surface area (Å²) in [6, 6.07) is 16.0. The van der Waals surface area contributed by atoms with E-state index in [1.165, 1.54) is 4.70 Å². The third-order valence-electron chi connectivity index (χ3n) is 7.82. The Balaban J connectivity index is 1.39. The van der Waals surface area contributed by atoms with Crippen molar-refractivity contribution in [3.05, 3.63) is 75.8 Å². The zero-order valence-electron chi connectivity index (χ0n) is 22.2. The Morgan fingerprint density at radius 2 is 1.87 bits per heavy atom. The zero-order valence-corrected chi connectivity index (χ0v) is 23.0. The molecule has 1 N–H and O–H groups in total. The van der Waals surface area contributed by atoms with Gasteiger partial charge in [-0.1, -0.05) is 48.6 Å². The standard InChI is InChI=1S/C28H32N8OS/c1-5-28(3,4)36-25(31-32-33-36)24(20-17-19-10-8-9-18(2)23(19)30-26(20)37)34-13-15-35(16-14-34)27-29-21-11-6-7-12-22(21)38-27/h6-12,17,24H,5,13-16H2,1-4H3,(H,30,37)/t24-/m0/s1. The van der Waals surface area contributed by atoms with E-state index in [-0.39, 0.29) is 17.1 Å². The Morgan fingerprint density at radius 3 is 2.63 bits per heavy atom. The quantitative estimate of drug-likeness (QED) is 0.347. The summed E-state index contributed by atoms with van der Waals surface area (Å²) in [5.74, 6) is 0.697. The lowest BCUT2D eigenvalue weighted by molar-refractivity contribution is 0.186. The number of benzene rings is 2. The second-order valence-electron chi connectivity index (χ2n) is 10.6. The van der Waals surface area contributed by atoms with Gasteiger partial charge in [-0.3, -0.25) is 9.69 Å². The molecule has 0 amide bonds. The van der Waals surface area contributed by atoms with Crippen molar-refractivity contribution in [3.8, 4) is 0 Å². The summed E-state index contributed by atoms with van der Waals surface area (Å²) in [4.78, 5) is 26.3. The number of para-hydroxylation sites is 2. The van der Waals surface area contributed by atoms with Crippen LogP contribution in [0.3, 0.4) is 0 Å². The molecule has 4 heterocycles. The largest absolute Gasteiger partial charge is 0.345 e. The molecular formula is C28H32N8OS. The predicted molar refractivity (Wildman–Crippen MR) is 152 cm³/mol. The van der Waals surface area contributed by atoms with Crippen LogP contribution in [-0.2, 0) is 5.54 Å². The van der Waals surface area contributed by atoms with E-state index in [0.717, 1.165) is 59.7 Å². The van der Waals surface area contributed by atoms with Crippen LogP contribution < -0.4 is 10.5 Å². The van der Waals surface area contributed by atoms with Crippen LogP contribution in [0, 0.1) is 6.92 Å². The predicted octanol–water partition coefficient (Wildman–Crippen LogP) is 4.49. The zero-order chi connectivity index (χ0) is 26.4. The molecule has 1 atom stereocenters. The number of hydrogen-bond acceptors (Lipinski definition) is 8. The molecule has 1 aliphatic rings. The fourth-order valence-corrected chi connectivity index (χ4v) is 6.23. The van der Waals surface area contributed by atoms with Gasteiger partial charge in [-0.2, -0.15) is 0 Å². The number of hydrogen-bond donors (Lipinski definition) is 1. The van der Waals surface area contributed by atoms with Crippen LogP contribution in [0.15, 0.2) is 53.3 Å². The number of thiazole rings is 1. The van der Waals surface area contributed by atoms with Crippen molar-refractivity contribution in [2.24, 2.45) is 0 Å².